The van der Waals surface area contributed by atoms with Crippen molar-refractivity contribution in [2.75, 3.05) is 5.73 Å². The number of nitrogens with two attached hydrogens (primary N) is 1. The van der Waals surface area contributed by atoms with E-state index in [1.54, 1.807) is 9.25 Å². The molecule has 2 heterocycles. The quantitative estimate of drug-likeness (QED) is 0.619. The van der Waals surface area contributed by atoms with Crippen molar-refractivity contribution in [1.82, 2.24) is 14.3 Å². The third-order valence-corrected chi connectivity index (χ3v) is 4.16. The van der Waals surface area contributed by atoms with Gasteiger partial charge in [0.2, 0.25) is 0 Å². The van der Waals surface area contributed by atoms with Crippen LogP contribution in [0.4, 0.5) is 5.82 Å². The molecular formula is C18H16N4O. The van der Waals surface area contributed by atoms with Gasteiger partial charge < -0.3 is 5.73 Å². The van der Waals surface area contributed by atoms with E-state index in [4.69, 9.17) is 5.73 Å². The summed E-state index contributed by atoms with van der Waals surface area (Å²) in [4.78, 5) is 13.0. The largest absolute Gasteiger partial charge is 0.382 e. The first-order valence-corrected chi connectivity index (χ1v) is 7.44. The fraction of sp³-hybridized carbons (Fsp3) is 0.111. The molecule has 0 aliphatic carbocycles. The summed E-state index contributed by atoms with van der Waals surface area (Å²) >= 11 is 0. The number of pyridine rings is 1. The zero-order valence-corrected chi connectivity index (χ0v) is 12.7. The minimum absolute atomic E-state index is 0.0278. The van der Waals surface area contributed by atoms with Crippen molar-refractivity contribution >= 4 is 27.6 Å². The van der Waals surface area contributed by atoms with E-state index in [9.17, 15) is 4.79 Å². The molecule has 2 N–H and O–H groups in total. The minimum Gasteiger partial charge on any atom is -0.382 e. The van der Waals surface area contributed by atoms with Crippen LogP contribution in [0.2, 0.25) is 0 Å². The first kappa shape index (κ1) is 13.6. The van der Waals surface area contributed by atoms with Crippen LogP contribution in [0.1, 0.15) is 5.56 Å². The van der Waals surface area contributed by atoms with Crippen LogP contribution in [-0.4, -0.2) is 14.3 Å². The van der Waals surface area contributed by atoms with Gasteiger partial charge in [-0.1, -0.05) is 48.5 Å². The Kier molecular flexibility index (Phi) is 2.94. The monoisotopic (exact) mass is 304 g/mol. The molecule has 0 radical (unpaired) electrons. The number of nitrogen functional groups attached to an aromatic ring is 1. The standard InChI is InChI=1S/C18H16N4O/c1-21-17-15(16(19)20-21)13-9-5-6-10-14(13)18(23)22(17)11-12-7-3-2-4-8-12/h2-10H,11H2,1H3,(H2,19,20). The number of hydrogen-bond acceptors (Lipinski definition) is 3. The maximum absolute atomic E-state index is 13.0. The van der Waals surface area contributed by atoms with E-state index >= 15 is 0 Å². The highest BCUT2D eigenvalue weighted by atomic mass is 16.1. The molecule has 4 rings (SSSR count). The van der Waals surface area contributed by atoms with E-state index in [0.717, 1.165) is 22.0 Å². The van der Waals surface area contributed by atoms with Gasteiger partial charge in [-0.15, -0.1) is 0 Å². The van der Waals surface area contributed by atoms with Crippen molar-refractivity contribution < 1.29 is 0 Å². The van der Waals surface area contributed by atoms with Crippen LogP contribution in [0.3, 0.4) is 0 Å². The average molecular weight is 304 g/mol. The second kappa shape index (κ2) is 4.98. The molecule has 4 aromatic rings. The van der Waals surface area contributed by atoms with Crippen molar-refractivity contribution in [3.63, 3.8) is 0 Å². The van der Waals surface area contributed by atoms with Crippen LogP contribution in [0.15, 0.2) is 59.4 Å². The highest BCUT2D eigenvalue weighted by Crippen LogP contribution is 2.27. The topological polar surface area (TPSA) is 65.8 Å². The van der Waals surface area contributed by atoms with Crippen molar-refractivity contribution in [3.8, 4) is 0 Å². The summed E-state index contributed by atoms with van der Waals surface area (Å²) < 4.78 is 3.43. The normalized spacial score (nSPS) is 11.3. The van der Waals surface area contributed by atoms with Gasteiger partial charge in [-0.25, -0.2) is 4.68 Å². The SMILES string of the molecule is Cn1nc(N)c2c3ccccc3c(=O)n(Cc3ccccc3)c21. The Labute approximate surface area is 132 Å². The molecule has 0 spiro atoms. The third-order valence-electron chi connectivity index (χ3n) is 4.16. The smallest absolute Gasteiger partial charge is 0.260 e. The maximum atomic E-state index is 13.0. The molecule has 0 atom stereocenters. The van der Waals surface area contributed by atoms with Gasteiger partial charge in [0, 0.05) is 17.8 Å². The Morgan fingerprint density at radius 1 is 1.00 bits per heavy atom. The molecule has 2 aromatic heterocycles. The molecule has 5 nitrogen and oxygen atoms in total. The van der Waals surface area contributed by atoms with Crippen molar-refractivity contribution in [2.45, 2.75) is 6.54 Å². The summed E-state index contributed by atoms with van der Waals surface area (Å²) in [5, 5.41) is 6.66. The lowest BCUT2D eigenvalue weighted by molar-refractivity contribution is 0.719. The number of hydrogen-bond donors (Lipinski definition) is 1. The van der Waals surface area contributed by atoms with Gasteiger partial charge in [0.15, 0.2) is 5.82 Å². The highest BCUT2D eigenvalue weighted by Gasteiger charge is 2.17. The molecule has 5 heteroatoms. The lowest BCUT2D eigenvalue weighted by Crippen LogP contribution is -2.23. The van der Waals surface area contributed by atoms with Gasteiger partial charge in [-0.3, -0.25) is 9.36 Å². The fourth-order valence-electron chi connectivity index (χ4n) is 3.15. The first-order chi connectivity index (χ1) is 11.2. The first-order valence-electron chi connectivity index (χ1n) is 7.44. The zero-order chi connectivity index (χ0) is 16.0. The molecule has 0 saturated heterocycles. The summed E-state index contributed by atoms with van der Waals surface area (Å²) in [7, 11) is 1.81. The van der Waals surface area contributed by atoms with Crippen LogP contribution in [0.5, 0.6) is 0 Å². The molecule has 0 unspecified atom stereocenters. The Morgan fingerprint density at radius 2 is 1.65 bits per heavy atom. The summed E-state index contributed by atoms with van der Waals surface area (Å²) in [6.07, 6.45) is 0. The van der Waals surface area contributed by atoms with E-state index in [1.807, 2.05) is 61.6 Å². The number of rotatable bonds is 2. The van der Waals surface area contributed by atoms with Crippen molar-refractivity contribution in [3.05, 3.63) is 70.5 Å². The summed E-state index contributed by atoms with van der Waals surface area (Å²) in [6, 6.07) is 17.5. The molecule has 0 amide bonds. The number of fused-ring (bicyclic) bond motifs is 3. The molecule has 0 fully saturated rings. The maximum Gasteiger partial charge on any atom is 0.260 e. The molecule has 0 saturated carbocycles. The van der Waals surface area contributed by atoms with Gasteiger partial charge >= 0.3 is 0 Å². The van der Waals surface area contributed by atoms with Gasteiger partial charge in [0.25, 0.3) is 5.56 Å². The highest BCUT2D eigenvalue weighted by molar-refractivity contribution is 6.09. The number of nitrogens with zero attached hydrogens (tertiary/aromatic N) is 3. The van der Waals surface area contributed by atoms with E-state index in [1.165, 1.54) is 0 Å². The van der Waals surface area contributed by atoms with Gasteiger partial charge in [-0.2, -0.15) is 5.10 Å². The fourth-order valence-corrected chi connectivity index (χ4v) is 3.15. The zero-order valence-electron chi connectivity index (χ0n) is 12.7. The molecule has 2 aromatic carbocycles. The summed E-state index contributed by atoms with van der Waals surface area (Å²) in [5.41, 5.74) is 7.89. The van der Waals surface area contributed by atoms with Crippen LogP contribution in [-0.2, 0) is 13.6 Å². The van der Waals surface area contributed by atoms with Gasteiger partial charge in [0.05, 0.1) is 11.9 Å². The van der Waals surface area contributed by atoms with Gasteiger partial charge in [-0.05, 0) is 11.6 Å². The third kappa shape index (κ3) is 2.01. The predicted octanol–water partition coefficient (Wildman–Crippen LogP) is 2.52. The van der Waals surface area contributed by atoms with E-state index in [2.05, 4.69) is 5.10 Å². The second-order valence-electron chi connectivity index (χ2n) is 5.63. The molecule has 23 heavy (non-hydrogen) atoms. The number of aryl methyl sites for hydroxylation is 1. The van der Waals surface area contributed by atoms with E-state index in [-0.39, 0.29) is 5.56 Å². The summed E-state index contributed by atoms with van der Waals surface area (Å²) in [6.45, 7) is 0.486. The second-order valence-corrected chi connectivity index (χ2v) is 5.63. The lowest BCUT2D eigenvalue weighted by atomic mass is 10.1. The predicted molar refractivity (Wildman–Crippen MR) is 92.4 cm³/mol. The number of anilines is 1. The van der Waals surface area contributed by atoms with Crippen LogP contribution >= 0.6 is 0 Å². The van der Waals surface area contributed by atoms with Crippen LogP contribution < -0.4 is 11.3 Å². The molecule has 0 aliphatic rings. The molecule has 114 valence electrons. The Morgan fingerprint density at radius 3 is 2.39 bits per heavy atom. The van der Waals surface area contributed by atoms with Crippen molar-refractivity contribution in [1.29, 1.82) is 0 Å². The van der Waals surface area contributed by atoms with E-state index < -0.39 is 0 Å². The summed E-state index contributed by atoms with van der Waals surface area (Å²) in [5.74, 6) is 0.445. The molecular weight excluding hydrogens is 288 g/mol. The van der Waals surface area contributed by atoms with Crippen LogP contribution in [0, 0.1) is 0 Å². The average Bonchev–Trinajstić information content (AvgIpc) is 2.87. The van der Waals surface area contributed by atoms with E-state index in [0.29, 0.717) is 17.7 Å². The molecule has 0 bridgehead atoms. The number of aromatic nitrogens is 3. The lowest BCUT2D eigenvalue weighted by Gasteiger charge is -2.11. The van der Waals surface area contributed by atoms with Crippen LogP contribution in [0.25, 0.3) is 21.8 Å². The Balaban J connectivity index is 2.13. The molecule has 0 aliphatic heterocycles. The van der Waals surface area contributed by atoms with Gasteiger partial charge in [0.1, 0.15) is 5.65 Å². The van der Waals surface area contributed by atoms with Crippen molar-refractivity contribution in [2.24, 2.45) is 7.05 Å². The number of benzene rings is 2. The minimum atomic E-state index is -0.0278. The Bertz CT molecular complexity index is 1080. The Hall–Kier alpha value is -3.08.